The van der Waals surface area contributed by atoms with Crippen LogP contribution in [0.15, 0.2) is 23.0 Å². The number of aryl methyl sites for hydroxylation is 1. The van der Waals surface area contributed by atoms with E-state index in [9.17, 15) is 5.11 Å². The van der Waals surface area contributed by atoms with Crippen molar-refractivity contribution in [3.05, 3.63) is 29.9 Å². The second-order valence-corrected chi connectivity index (χ2v) is 4.75. The van der Waals surface area contributed by atoms with Gasteiger partial charge in [0.2, 0.25) is 11.7 Å². The first kappa shape index (κ1) is 11.3. The van der Waals surface area contributed by atoms with Crippen LogP contribution in [0.25, 0.3) is 11.4 Å². The Bertz CT molecular complexity index is 553. The monoisotopic (exact) mass is 245 g/mol. The molecule has 2 atom stereocenters. The van der Waals surface area contributed by atoms with Crippen molar-refractivity contribution in [1.82, 2.24) is 15.1 Å². The first-order chi connectivity index (χ1) is 8.75. The average Bonchev–Trinajstić information content (AvgIpc) is 2.98. The molecular weight excluding hydrogens is 230 g/mol. The van der Waals surface area contributed by atoms with Crippen LogP contribution in [0.5, 0.6) is 0 Å². The lowest BCUT2D eigenvalue weighted by Crippen LogP contribution is -2.11. The Morgan fingerprint density at radius 2 is 2.28 bits per heavy atom. The van der Waals surface area contributed by atoms with Crippen molar-refractivity contribution >= 4 is 0 Å². The van der Waals surface area contributed by atoms with Crippen LogP contribution in [-0.4, -0.2) is 26.3 Å². The molecule has 0 bridgehead atoms. The lowest BCUT2D eigenvalue weighted by Gasteiger charge is -2.07. The van der Waals surface area contributed by atoms with Crippen molar-refractivity contribution in [3.63, 3.8) is 0 Å². The SMILES string of the molecule is Cc1ccncc1-c1noc(C2CCCC2O)n1. The summed E-state index contributed by atoms with van der Waals surface area (Å²) >= 11 is 0. The Balaban J connectivity index is 1.92. The van der Waals surface area contributed by atoms with E-state index < -0.39 is 0 Å². The molecule has 1 aliphatic carbocycles. The molecule has 0 aliphatic heterocycles. The number of hydrogen-bond donors (Lipinski definition) is 1. The zero-order valence-corrected chi connectivity index (χ0v) is 10.2. The van der Waals surface area contributed by atoms with Gasteiger partial charge in [0.1, 0.15) is 0 Å². The molecule has 0 aromatic carbocycles. The van der Waals surface area contributed by atoms with Crippen LogP contribution in [-0.2, 0) is 0 Å². The zero-order valence-electron chi connectivity index (χ0n) is 10.2. The molecule has 18 heavy (non-hydrogen) atoms. The third-order valence-corrected chi connectivity index (χ3v) is 3.52. The molecule has 3 rings (SSSR count). The van der Waals surface area contributed by atoms with Gasteiger partial charge in [-0.05, 0) is 37.8 Å². The van der Waals surface area contributed by atoms with Crippen LogP contribution in [0.2, 0.25) is 0 Å². The summed E-state index contributed by atoms with van der Waals surface area (Å²) in [7, 11) is 0. The van der Waals surface area contributed by atoms with Gasteiger partial charge in [0, 0.05) is 18.0 Å². The molecule has 2 aromatic rings. The lowest BCUT2D eigenvalue weighted by atomic mass is 10.1. The maximum Gasteiger partial charge on any atom is 0.232 e. The lowest BCUT2D eigenvalue weighted by molar-refractivity contribution is 0.148. The summed E-state index contributed by atoms with van der Waals surface area (Å²) in [5.41, 5.74) is 1.93. The summed E-state index contributed by atoms with van der Waals surface area (Å²) in [6.07, 6.45) is 5.85. The Kier molecular flexibility index (Phi) is 2.83. The summed E-state index contributed by atoms with van der Waals surface area (Å²) < 4.78 is 5.28. The van der Waals surface area contributed by atoms with Crippen molar-refractivity contribution in [1.29, 1.82) is 0 Å². The van der Waals surface area contributed by atoms with Gasteiger partial charge in [-0.2, -0.15) is 4.98 Å². The van der Waals surface area contributed by atoms with Gasteiger partial charge in [0.05, 0.1) is 12.0 Å². The summed E-state index contributed by atoms with van der Waals surface area (Å²) in [6.45, 7) is 1.98. The highest BCUT2D eigenvalue weighted by Gasteiger charge is 2.31. The summed E-state index contributed by atoms with van der Waals surface area (Å²) in [4.78, 5) is 8.47. The van der Waals surface area contributed by atoms with Crippen molar-refractivity contribution < 1.29 is 9.63 Å². The van der Waals surface area contributed by atoms with E-state index in [0.717, 1.165) is 30.4 Å². The molecule has 2 heterocycles. The maximum atomic E-state index is 9.84. The first-order valence-corrected chi connectivity index (χ1v) is 6.18. The normalized spacial score (nSPS) is 23.4. The molecule has 0 spiro atoms. The van der Waals surface area contributed by atoms with Crippen LogP contribution < -0.4 is 0 Å². The highest BCUT2D eigenvalue weighted by Crippen LogP contribution is 2.34. The van der Waals surface area contributed by atoms with Gasteiger partial charge in [-0.25, -0.2) is 0 Å². The van der Waals surface area contributed by atoms with Crippen LogP contribution in [0, 0.1) is 6.92 Å². The predicted octanol–water partition coefficient (Wildman–Crippen LogP) is 2.07. The largest absolute Gasteiger partial charge is 0.392 e. The average molecular weight is 245 g/mol. The summed E-state index contributed by atoms with van der Waals surface area (Å²) in [5, 5.41) is 13.8. The van der Waals surface area contributed by atoms with E-state index in [-0.39, 0.29) is 12.0 Å². The van der Waals surface area contributed by atoms with Gasteiger partial charge < -0.3 is 9.63 Å². The molecule has 5 nitrogen and oxygen atoms in total. The Hall–Kier alpha value is -1.75. The number of hydrogen-bond acceptors (Lipinski definition) is 5. The molecular formula is C13H15N3O2. The Morgan fingerprint density at radius 1 is 1.39 bits per heavy atom. The first-order valence-electron chi connectivity index (χ1n) is 6.18. The van der Waals surface area contributed by atoms with E-state index in [2.05, 4.69) is 15.1 Å². The van der Waals surface area contributed by atoms with E-state index in [0.29, 0.717) is 11.7 Å². The van der Waals surface area contributed by atoms with Gasteiger partial charge in [0.25, 0.3) is 0 Å². The number of aromatic nitrogens is 3. The maximum absolute atomic E-state index is 9.84. The Labute approximate surface area is 105 Å². The second kappa shape index (κ2) is 4.49. The van der Waals surface area contributed by atoms with Crippen molar-refractivity contribution in [2.45, 2.75) is 38.2 Å². The summed E-state index contributed by atoms with van der Waals surface area (Å²) in [6, 6.07) is 1.91. The van der Waals surface area contributed by atoms with Gasteiger partial charge in [-0.3, -0.25) is 4.98 Å². The van der Waals surface area contributed by atoms with E-state index in [4.69, 9.17) is 4.52 Å². The number of rotatable bonds is 2. The minimum Gasteiger partial charge on any atom is -0.392 e. The number of nitrogens with zero attached hydrogens (tertiary/aromatic N) is 3. The fourth-order valence-electron chi connectivity index (χ4n) is 2.42. The molecule has 1 aliphatic rings. The van der Waals surface area contributed by atoms with Gasteiger partial charge >= 0.3 is 0 Å². The van der Waals surface area contributed by atoms with Crippen LogP contribution in [0.1, 0.15) is 36.6 Å². The molecule has 2 unspecified atom stereocenters. The van der Waals surface area contributed by atoms with Crippen molar-refractivity contribution in [2.24, 2.45) is 0 Å². The highest BCUT2D eigenvalue weighted by atomic mass is 16.5. The molecule has 0 amide bonds. The smallest absolute Gasteiger partial charge is 0.232 e. The molecule has 5 heteroatoms. The van der Waals surface area contributed by atoms with Crippen LogP contribution >= 0.6 is 0 Å². The van der Waals surface area contributed by atoms with E-state index >= 15 is 0 Å². The number of aliphatic hydroxyl groups is 1. The van der Waals surface area contributed by atoms with Gasteiger partial charge in [-0.15, -0.1) is 0 Å². The highest BCUT2D eigenvalue weighted by molar-refractivity contribution is 5.57. The second-order valence-electron chi connectivity index (χ2n) is 4.75. The minimum atomic E-state index is -0.353. The predicted molar refractivity (Wildman–Crippen MR) is 64.9 cm³/mol. The molecule has 1 saturated carbocycles. The molecule has 0 radical (unpaired) electrons. The molecule has 0 saturated heterocycles. The van der Waals surface area contributed by atoms with Crippen LogP contribution in [0.4, 0.5) is 0 Å². The van der Waals surface area contributed by atoms with E-state index in [1.54, 1.807) is 12.4 Å². The molecule has 1 N–H and O–H groups in total. The number of pyridine rings is 1. The van der Waals surface area contributed by atoms with Gasteiger partial charge in [0.15, 0.2) is 0 Å². The Morgan fingerprint density at radius 3 is 3.00 bits per heavy atom. The zero-order chi connectivity index (χ0) is 12.5. The molecule has 1 fully saturated rings. The third kappa shape index (κ3) is 1.90. The van der Waals surface area contributed by atoms with Gasteiger partial charge in [-0.1, -0.05) is 5.16 Å². The third-order valence-electron chi connectivity index (χ3n) is 3.52. The fourth-order valence-corrected chi connectivity index (χ4v) is 2.42. The topological polar surface area (TPSA) is 72.0 Å². The van der Waals surface area contributed by atoms with Crippen LogP contribution in [0.3, 0.4) is 0 Å². The fraction of sp³-hybridized carbons (Fsp3) is 0.462. The van der Waals surface area contributed by atoms with Crippen molar-refractivity contribution in [2.75, 3.05) is 0 Å². The quantitative estimate of drug-likeness (QED) is 0.876. The number of aliphatic hydroxyl groups excluding tert-OH is 1. The van der Waals surface area contributed by atoms with E-state index in [1.165, 1.54) is 0 Å². The minimum absolute atomic E-state index is 0.0109. The molecule has 94 valence electrons. The van der Waals surface area contributed by atoms with Crippen molar-refractivity contribution in [3.8, 4) is 11.4 Å². The standard InChI is InChI=1S/C13H15N3O2/c1-8-5-6-14-7-10(8)12-15-13(18-16-12)9-3-2-4-11(9)17/h5-7,9,11,17H,2-4H2,1H3. The molecule has 2 aromatic heterocycles. The summed E-state index contributed by atoms with van der Waals surface area (Å²) in [5.74, 6) is 1.08. The van der Waals surface area contributed by atoms with E-state index in [1.807, 2.05) is 13.0 Å².